The minimum absolute atomic E-state index is 0.389. The summed E-state index contributed by atoms with van der Waals surface area (Å²) in [4.78, 5) is 11.7. The highest BCUT2D eigenvalue weighted by molar-refractivity contribution is 5.86. The van der Waals surface area contributed by atoms with Crippen molar-refractivity contribution >= 4 is 17.5 Å². The zero-order valence-electron chi connectivity index (χ0n) is 11.7. The topological polar surface area (TPSA) is 50.4 Å². The van der Waals surface area contributed by atoms with Gasteiger partial charge in [-0.15, -0.1) is 0 Å². The Morgan fingerprint density at radius 3 is 2.74 bits per heavy atom. The molecular formula is C15H20N2O2. The van der Waals surface area contributed by atoms with Crippen LogP contribution in [0.3, 0.4) is 0 Å². The van der Waals surface area contributed by atoms with Crippen LogP contribution in [-0.2, 0) is 10.2 Å². The maximum absolute atomic E-state index is 11.7. The van der Waals surface area contributed by atoms with Crippen LogP contribution in [0.5, 0.6) is 0 Å². The molecule has 1 saturated carbocycles. The number of hydrogen-bond donors (Lipinski definition) is 2. The monoisotopic (exact) mass is 260 g/mol. The van der Waals surface area contributed by atoms with E-state index >= 15 is 0 Å². The first kappa shape index (κ1) is 12.3. The first-order chi connectivity index (χ1) is 8.88. The number of nitrogens with one attached hydrogen (secondary N) is 2. The third kappa shape index (κ3) is 2.39. The Hall–Kier alpha value is -1.71. The van der Waals surface area contributed by atoms with Gasteiger partial charge in [0.25, 0.3) is 0 Å². The first-order valence-corrected chi connectivity index (χ1v) is 6.76. The molecule has 4 heteroatoms. The Kier molecular flexibility index (Phi) is 2.52. The molecule has 0 bridgehead atoms. The molecule has 4 nitrogen and oxygen atoms in total. The molecule has 19 heavy (non-hydrogen) atoms. The molecule has 1 aliphatic carbocycles. The Morgan fingerprint density at radius 1 is 1.37 bits per heavy atom. The summed E-state index contributed by atoms with van der Waals surface area (Å²) < 4.78 is 5.24. The summed E-state index contributed by atoms with van der Waals surface area (Å²) in [5.41, 5.74) is 3.23. The molecule has 0 atom stereocenters. The highest BCUT2D eigenvalue weighted by atomic mass is 16.6. The van der Waals surface area contributed by atoms with Crippen LogP contribution in [0.1, 0.15) is 39.2 Å². The van der Waals surface area contributed by atoms with Gasteiger partial charge >= 0.3 is 6.09 Å². The molecule has 1 aromatic rings. The maximum atomic E-state index is 11.7. The fourth-order valence-electron chi connectivity index (χ4n) is 2.61. The van der Waals surface area contributed by atoms with Gasteiger partial charge in [-0.1, -0.05) is 6.07 Å². The molecule has 1 amide bonds. The predicted molar refractivity (Wildman–Crippen MR) is 75.7 cm³/mol. The summed E-state index contributed by atoms with van der Waals surface area (Å²) in [6.45, 7) is 6.59. The van der Waals surface area contributed by atoms with Gasteiger partial charge in [-0.2, -0.15) is 0 Å². The van der Waals surface area contributed by atoms with E-state index in [2.05, 4.69) is 16.7 Å². The molecule has 1 aliphatic heterocycles. The summed E-state index contributed by atoms with van der Waals surface area (Å²) in [6, 6.07) is 6.07. The van der Waals surface area contributed by atoms with E-state index in [1.807, 2.05) is 32.9 Å². The van der Waals surface area contributed by atoms with Gasteiger partial charge in [-0.25, -0.2) is 4.79 Å². The number of amides is 1. The largest absolute Gasteiger partial charge is 0.444 e. The van der Waals surface area contributed by atoms with Crippen molar-refractivity contribution in [2.45, 2.75) is 44.6 Å². The van der Waals surface area contributed by atoms with E-state index in [0.29, 0.717) is 5.41 Å². The highest BCUT2D eigenvalue weighted by Crippen LogP contribution is 2.54. The molecule has 1 fully saturated rings. The van der Waals surface area contributed by atoms with Crippen LogP contribution in [0.25, 0.3) is 0 Å². The summed E-state index contributed by atoms with van der Waals surface area (Å²) in [5, 5.41) is 6.20. The van der Waals surface area contributed by atoms with Crippen LogP contribution in [0.15, 0.2) is 18.2 Å². The molecule has 0 saturated heterocycles. The van der Waals surface area contributed by atoms with Crippen molar-refractivity contribution in [3.05, 3.63) is 23.8 Å². The summed E-state index contributed by atoms with van der Waals surface area (Å²) >= 11 is 0. The van der Waals surface area contributed by atoms with E-state index in [1.54, 1.807) is 0 Å². The number of rotatable bonds is 1. The third-order valence-corrected chi connectivity index (χ3v) is 3.71. The molecule has 0 unspecified atom stereocenters. The molecule has 1 aromatic carbocycles. The van der Waals surface area contributed by atoms with E-state index in [-0.39, 0.29) is 0 Å². The van der Waals surface area contributed by atoms with Gasteiger partial charge in [0.05, 0.1) is 0 Å². The molecule has 102 valence electrons. The lowest BCUT2D eigenvalue weighted by Crippen LogP contribution is -2.27. The minimum atomic E-state index is -0.475. The minimum Gasteiger partial charge on any atom is -0.444 e. The standard InChI is InChI=1S/C15H20N2O2/c1-14(2,3)19-13(18)17-10-4-5-11-12(8-10)16-9-15(11)6-7-15/h4-5,8,16H,6-7,9H2,1-3H3,(H,17,18). The summed E-state index contributed by atoms with van der Waals surface area (Å²) in [6.07, 6.45) is 2.13. The Morgan fingerprint density at radius 2 is 2.11 bits per heavy atom. The quantitative estimate of drug-likeness (QED) is 0.812. The van der Waals surface area contributed by atoms with Gasteiger partial charge in [-0.05, 0) is 51.3 Å². The number of carbonyl (C=O) groups is 1. The zero-order chi connectivity index (χ0) is 13.7. The van der Waals surface area contributed by atoms with Crippen molar-refractivity contribution in [3.8, 4) is 0 Å². The van der Waals surface area contributed by atoms with E-state index in [9.17, 15) is 4.79 Å². The van der Waals surface area contributed by atoms with Crippen molar-refractivity contribution in [2.75, 3.05) is 17.2 Å². The second-order valence-corrected chi connectivity index (χ2v) is 6.52. The fourth-order valence-corrected chi connectivity index (χ4v) is 2.61. The average molecular weight is 260 g/mol. The molecule has 0 aromatic heterocycles. The van der Waals surface area contributed by atoms with Crippen molar-refractivity contribution in [1.29, 1.82) is 0 Å². The van der Waals surface area contributed by atoms with Crippen molar-refractivity contribution in [3.63, 3.8) is 0 Å². The van der Waals surface area contributed by atoms with Crippen LogP contribution in [-0.4, -0.2) is 18.2 Å². The van der Waals surface area contributed by atoms with E-state index < -0.39 is 11.7 Å². The highest BCUT2D eigenvalue weighted by Gasteiger charge is 2.48. The van der Waals surface area contributed by atoms with Crippen molar-refractivity contribution in [1.82, 2.24) is 0 Å². The first-order valence-electron chi connectivity index (χ1n) is 6.76. The van der Waals surface area contributed by atoms with Gasteiger partial charge < -0.3 is 10.1 Å². The molecule has 1 spiro atoms. The van der Waals surface area contributed by atoms with Crippen LogP contribution >= 0.6 is 0 Å². The fraction of sp³-hybridized carbons (Fsp3) is 0.533. The van der Waals surface area contributed by atoms with Gasteiger partial charge in [0.15, 0.2) is 0 Å². The van der Waals surface area contributed by atoms with E-state index in [1.165, 1.54) is 18.4 Å². The number of carbonyl (C=O) groups excluding carboxylic acids is 1. The van der Waals surface area contributed by atoms with E-state index in [4.69, 9.17) is 4.74 Å². The van der Waals surface area contributed by atoms with Gasteiger partial charge in [0, 0.05) is 23.3 Å². The molecule has 1 heterocycles. The van der Waals surface area contributed by atoms with E-state index in [0.717, 1.165) is 17.9 Å². The van der Waals surface area contributed by atoms with Gasteiger partial charge in [0.1, 0.15) is 5.60 Å². The molecule has 2 N–H and O–H groups in total. The summed E-state index contributed by atoms with van der Waals surface area (Å²) in [5.74, 6) is 0. The van der Waals surface area contributed by atoms with Crippen LogP contribution < -0.4 is 10.6 Å². The number of anilines is 2. The van der Waals surface area contributed by atoms with Crippen molar-refractivity contribution < 1.29 is 9.53 Å². The molecule has 2 aliphatic rings. The Bertz CT molecular complexity index is 527. The van der Waals surface area contributed by atoms with Crippen LogP contribution in [0, 0.1) is 0 Å². The Labute approximate surface area is 113 Å². The number of fused-ring (bicyclic) bond motifs is 2. The van der Waals surface area contributed by atoms with Crippen LogP contribution in [0.2, 0.25) is 0 Å². The molecule has 0 radical (unpaired) electrons. The van der Waals surface area contributed by atoms with Gasteiger partial charge in [0.2, 0.25) is 0 Å². The third-order valence-electron chi connectivity index (χ3n) is 3.71. The lowest BCUT2D eigenvalue weighted by atomic mass is 9.98. The number of ether oxygens (including phenoxy) is 1. The average Bonchev–Trinajstić information content (AvgIpc) is 2.95. The second-order valence-electron chi connectivity index (χ2n) is 6.52. The maximum Gasteiger partial charge on any atom is 0.412 e. The lowest BCUT2D eigenvalue weighted by Gasteiger charge is -2.19. The molecule has 3 rings (SSSR count). The normalized spacial score (nSPS) is 18.7. The number of hydrogen-bond acceptors (Lipinski definition) is 3. The SMILES string of the molecule is CC(C)(C)OC(=O)Nc1ccc2c(c1)NCC21CC1. The van der Waals surface area contributed by atoms with Crippen LogP contribution in [0.4, 0.5) is 16.2 Å². The molecular weight excluding hydrogens is 240 g/mol. The summed E-state index contributed by atoms with van der Waals surface area (Å²) in [7, 11) is 0. The van der Waals surface area contributed by atoms with Crippen molar-refractivity contribution in [2.24, 2.45) is 0 Å². The van der Waals surface area contributed by atoms with Gasteiger partial charge in [-0.3, -0.25) is 5.32 Å². The number of benzene rings is 1. The Balaban J connectivity index is 1.72. The second kappa shape index (κ2) is 3.89. The predicted octanol–water partition coefficient (Wildman–Crippen LogP) is 3.49. The zero-order valence-corrected chi connectivity index (χ0v) is 11.7. The lowest BCUT2D eigenvalue weighted by molar-refractivity contribution is 0.0636. The smallest absolute Gasteiger partial charge is 0.412 e.